The third kappa shape index (κ3) is 4.88. The number of halogens is 1. The molecule has 29 heavy (non-hydrogen) atoms. The number of likely N-dealkylation sites (tertiary alicyclic amines) is 1. The van der Waals surface area contributed by atoms with E-state index in [1.807, 2.05) is 47.4 Å². The van der Waals surface area contributed by atoms with Crippen molar-refractivity contribution in [3.63, 3.8) is 0 Å². The molecule has 2 saturated heterocycles. The predicted molar refractivity (Wildman–Crippen MR) is 111 cm³/mol. The Bertz CT molecular complexity index is 801. The molecule has 0 saturated carbocycles. The Morgan fingerprint density at radius 1 is 0.966 bits per heavy atom. The number of nitrogens with zero attached hydrogens (tertiary/aromatic N) is 2. The van der Waals surface area contributed by atoms with Crippen molar-refractivity contribution in [3.05, 3.63) is 60.4 Å². The first-order valence-corrected chi connectivity index (χ1v) is 10.5. The molecule has 0 aromatic heterocycles. The van der Waals surface area contributed by atoms with Crippen molar-refractivity contribution in [2.24, 2.45) is 0 Å². The summed E-state index contributed by atoms with van der Waals surface area (Å²) in [6, 6.07) is 17.1. The third-order valence-corrected chi connectivity index (χ3v) is 6.13. The Morgan fingerprint density at radius 2 is 1.62 bits per heavy atom. The highest BCUT2D eigenvalue weighted by atomic mass is 19.1. The maximum absolute atomic E-state index is 14.0. The number of nitrogens with one attached hydrogen (secondary N) is 1. The molecule has 2 aliphatic rings. The third-order valence-electron chi connectivity index (χ3n) is 6.13. The van der Waals surface area contributed by atoms with Gasteiger partial charge in [0.05, 0.1) is 37.9 Å². The van der Waals surface area contributed by atoms with E-state index in [0.29, 0.717) is 11.7 Å². The lowest BCUT2D eigenvalue weighted by Gasteiger charge is -2.40. The van der Waals surface area contributed by atoms with Crippen LogP contribution < -0.4 is 14.5 Å². The fourth-order valence-electron chi connectivity index (χ4n) is 4.44. The van der Waals surface area contributed by atoms with Crippen LogP contribution in [-0.2, 0) is 4.79 Å². The number of hydrogen-bond acceptors (Lipinski definition) is 3. The molecule has 0 aliphatic carbocycles. The maximum atomic E-state index is 14.0. The lowest BCUT2D eigenvalue weighted by molar-refractivity contribution is -0.927. The van der Waals surface area contributed by atoms with Crippen molar-refractivity contribution in [1.29, 1.82) is 0 Å². The van der Waals surface area contributed by atoms with Crippen molar-refractivity contribution >= 4 is 11.6 Å². The van der Waals surface area contributed by atoms with Gasteiger partial charge in [-0.1, -0.05) is 30.3 Å². The van der Waals surface area contributed by atoms with E-state index >= 15 is 0 Å². The molecule has 0 atom stereocenters. The highest BCUT2D eigenvalue weighted by Crippen LogP contribution is 2.18. The van der Waals surface area contributed by atoms with Crippen molar-refractivity contribution < 1.29 is 18.8 Å². The number of rotatable bonds is 5. The summed E-state index contributed by atoms with van der Waals surface area (Å²) in [5.41, 5.74) is 0.713. The number of quaternary nitrogens is 1. The lowest BCUT2D eigenvalue weighted by atomic mass is 10.0. The van der Waals surface area contributed by atoms with E-state index in [0.717, 1.165) is 57.9 Å². The highest BCUT2D eigenvalue weighted by Gasteiger charge is 2.32. The van der Waals surface area contributed by atoms with Crippen LogP contribution in [-0.4, -0.2) is 62.7 Å². The minimum Gasteiger partial charge on any atom is -0.484 e. The van der Waals surface area contributed by atoms with Crippen LogP contribution in [0.15, 0.2) is 54.6 Å². The SMILES string of the molecule is O=C(COc1ccccc1)N1CCC([NH+]2CCN(c3ccccc3F)CC2)CC1. The molecule has 6 heteroatoms. The number of piperidine rings is 1. The van der Waals surface area contributed by atoms with Gasteiger partial charge in [0.15, 0.2) is 6.61 Å². The van der Waals surface area contributed by atoms with Gasteiger partial charge < -0.3 is 19.4 Å². The quantitative estimate of drug-likeness (QED) is 0.832. The Kier molecular flexibility index (Phi) is 6.30. The van der Waals surface area contributed by atoms with Crippen molar-refractivity contribution in [2.45, 2.75) is 18.9 Å². The zero-order chi connectivity index (χ0) is 20.1. The number of para-hydroxylation sites is 2. The average molecular weight is 399 g/mol. The normalized spacial score (nSPS) is 18.7. The van der Waals surface area contributed by atoms with Crippen LogP contribution in [0.5, 0.6) is 5.75 Å². The molecule has 4 rings (SSSR count). The van der Waals surface area contributed by atoms with E-state index in [1.54, 1.807) is 11.0 Å². The summed E-state index contributed by atoms with van der Waals surface area (Å²) < 4.78 is 19.6. The van der Waals surface area contributed by atoms with Crippen LogP contribution in [0, 0.1) is 5.82 Å². The summed E-state index contributed by atoms with van der Waals surface area (Å²) in [5.74, 6) is 0.653. The summed E-state index contributed by atoms with van der Waals surface area (Å²) in [6.45, 7) is 5.47. The summed E-state index contributed by atoms with van der Waals surface area (Å²) in [4.78, 5) is 18.1. The van der Waals surface area contributed by atoms with Crippen molar-refractivity contribution in [3.8, 4) is 5.75 Å². The largest absolute Gasteiger partial charge is 0.484 e. The number of carbonyl (C=O) groups excluding carboxylic acids is 1. The number of benzene rings is 2. The lowest BCUT2D eigenvalue weighted by Crippen LogP contribution is -3.18. The molecule has 0 radical (unpaired) electrons. The molecule has 1 amide bonds. The highest BCUT2D eigenvalue weighted by molar-refractivity contribution is 5.77. The predicted octanol–water partition coefficient (Wildman–Crippen LogP) is 1.60. The topological polar surface area (TPSA) is 37.2 Å². The zero-order valence-electron chi connectivity index (χ0n) is 16.7. The Balaban J connectivity index is 1.21. The van der Waals surface area contributed by atoms with Crippen LogP contribution in [0.1, 0.15) is 12.8 Å². The zero-order valence-corrected chi connectivity index (χ0v) is 16.7. The maximum Gasteiger partial charge on any atom is 0.260 e. The summed E-state index contributed by atoms with van der Waals surface area (Å²) >= 11 is 0. The first-order chi connectivity index (χ1) is 14.2. The van der Waals surface area contributed by atoms with Crippen LogP contribution in [0.25, 0.3) is 0 Å². The van der Waals surface area contributed by atoms with E-state index in [2.05, 4.69) is 4.90 Å². The minimum absolute atomic E-state index is 0.0617. The number of anilines is 1. The molecular weight excluding hydrogens is 369 g/mol. The first kappa shape index (κ1) is 19.7. The smallest absolute Gasteiger partial charge is 0.260 e. The van der Waals surface area contributed by atoms with Crippen LogP contribution >= 0.6 is 0 Å². The number of hydrogen-bond donors (Lipinski definition) is 1. The Hall–Kier alpha value is -2.60. The molecule has 154 valence electrons. The molecule has 0 unspecified atom stereocenters. The van der Waals surface area contributed by atoms with Crippen molar-refractivity contribution in [2.75, 3.05) is 50.8 Å². The molecule has 2 fully saturated rings. The second-order valence-corrected chi connectivity index (χ2v) is 7.85. The average Bonchev–Trinajstić information content (AvgIpc) is 2.79. The monoisotopic (exact) mass is 398 g/mol. The van der Waals surface area contributed by atoms with E-state index in [-0.39, 0.29) is 18.3 Å². The summed E-state index contributed by atoms with van der Waals surface area (Å²) in [5, 5.41) is 0. The number of ether oxygens (including phenoxy) is 1. The van der Waals surface area contributed by atoms with Crippen molar-refractivity contribution in [1.82, 2.24) is 4.90 Å². The van der Waals surface area contributed by atoms with Crippen LogP contribution in [0.3, 0.4) is 0 Å². The molecule has 2 heterocycles. The molecule has 1 N–H and O–H groups in total. The van der Waals surface area contributed by atoms with Crippen LogP contribution in [0.2, 0.25) is 0 Å². The van der Waals surface area contributed by atoms with E-state index in [9.17, 15) is 9.18 Å². The van der Waals surface area contributed by atoms with E-state index < -0.39 is 0 Å². The summed E-state index contributed by atoms with van der Waals surface area (Å²) in [6.07, 6.45) is 2.04. The van der Waals surface area contributed by atoms with Gasteiger partial charge in [-0.25, -0.2) is 4.39 Å². The van der Waals surface area contributed by atoms with Gasteiger partial charge in [0, 0.05) is 25.9 Å². The van der Waals surface area contributed by atoms with Gasteiger partial charge in [-0.15, -0.1) is 0 Å². The second kappa shape index (κ2) is 9.27. The van der Waals surface area contributed by atoms with Gasteiger partial charge in [-0.3, -0.25) is 4.79 Å². The number of carbonyl (C=O) groups is 1. The molecule has 2 aromatic rings. The van der Waals surface area contributed by atoms with Gasteiger partial charge >= 0.3 is 0 Å². The molecule has 0 spiro atoms. The number of amides is 1. The van der Waals surface area contributed by atoms with Gasteiger partial charge in [0.25, 0.3) is 5.91 Å². The van der Waals surface area contributed by atoms with Gasteiger partial charge in [0.2, 0.25) is 0 Å². The van der Waals surface area contributed by atoms with Gasteiger partial charge in [0.1, 0.15) is 11.6 Å². The molecular formula is C23H29FN3O2+. The molecule has 2 aromatic carbocycles. The van der Waals surface area contributed by atoms with Crippen LogP contribution in [0.4, 0.5) is 10.1 Å². The Labute approximate surface area is 171 Å². The Morgan fingerprint density at radius 3 is 2.31 bits per heavy atom. The standard InChI is InChI=1S/C23H28FN3O2/c24-21-8-4-5-9-22(21)26-16-14-25(15-17-26)19-10-12-27(13-11-19)23(28)18-29-20-6-2-1-3-7-20/h1-9,19H,10-18H2/p+1. The minimum atomic E-state index is -0.138. The molecule has 5 nitrogen and oxygen atoms in total. The first-order valence-electron chi connectivity index (χ1n) is 10.5. The number of piperazine rings is 1. The van der Waals surface area contributed by atoms with Gasteiger partial charge in [-0.2, -0.15) is 0 Å². The van der Waals surface area contributed by atoms with E-state index in [4.69, 9.17) is 4.74 Å². The van der Waals surface area contributed by atoms with E-state index in [1.165, 1.54) is 6.07 Å². The second-order valence-electron chi connectivity index (χ2n) is 7.85. The molecule has 0 bridgehead atoms. The fourth-order valence-corrected chi connectivity index (χ4v) is 4.44. The fraction of sp³-hybridized carbons (Fsp3) is 0.435. The summed E-state index contributed by atoms with van der Waals surface area (Å²) in [7, 11) is 0. The molecule has 2 aliphatic heterocycles. The van der Waals surface area contributed by atoms with Gasteiger partial charge in [-0.05, 0) is 24.3 Å².